The standard InChI is InChI=1S/C32H35BrFN3O6/c1-3-42-32(40)17-7-10-22(11-8-17)43-27-14-23(26(41-2)15-25(27)34)30(38)37-29-19-5-4-18(12-19)28(29)31(39)36-21-9-6-20(16-35)24(33)13-21/h6,9,13-15,17-19,22,28-29H,3-5,7-8,10-12H2,1-2H3,(H,36,39)(H,37,38)/t17-,18-,19+,22+,28+,29-/m1/s1. The summed E-state index contributed by atoms with van der Waals surface area (Å²) < 4.78 is 32.1. The van der Waals surface area contributed by atoms with Crippen LogP contribution in [0.25, 0.3) is 0 Å². The van der Waals surface area contributed by atoms with E-state index >= 15 is 4.39 Å². The molecule has 5 rings (SSSR count). The molecule has 0 aliphatic heterocycles. The first-order chi connectivity index (χ1) is 20.7. The van der Waals surface area contributed by atoms with Crippen molar-refractivity contribution in [2.75, 3.05) is 19.0 Å². The van der Waals surface area contributed by atoms with Gasteiger partial charge in [0.1, 0.15) is 11.8 Å². The van der Waals surface area contributed by atoms with Crippen LogP contribution in [-0.2, 0) is 14.3 Å². The zero-order chi connectivity index (χ0) is 30.7. The number of hydrogen-bond acceptors (Lipinski definition) is 7. The number of halogens is 2. The number of rotatable bonds is 9. The van der Waals surface area contributed by atoms with Gasteiger partial charge in [-0.25, -0.2) is 4.39 Å². The normalized spacial score (nSPS) is 25.8. The maximum Gasteiger partial charge on any atom is 0.308 e. The van der Waals surface area contributed by atoms with Gasteiger partial charge in [0.25, 0.3) is 5.91 Å². The van der Waals surface area contributed by atoms with Crippen molar-refractivity contribution >= 4 is 39.4 Å². The Balaban J connectivity index is 1.29. The number of hydrogen-bond donors (Lipinski definition) is 2. The summed E-state index contributed by atoms with van der Waals surface area (Å²) in [6, 6.07) is 9.18. The van der Waals surface area contributed by atoms with Gasteiger partial charge in [-0.1, -0.05) is 0 Å². The third-order valence-corrected chi connectivity index (χ3v) is 9.62. The molecule has 2 bridgehead atoms. The van der Waals surface area contributed by atoms with Crippen LogP contribution in [0.15, 0.2) is 34.8 Å². The van der Waals surface area contributed by atoms with E-state index in [0.717, 1.165) is 25.3 Å². The van der Waals surface area contributed by atoms with E-state index < -0.39 is 23.7 Å². The molecular weight excluding hydrogens is 621 g/mol. The minimum absolute atomic E-state index is 0.0563. The summed E-state index contributed by atoms with van der Waals surface area (Å²) in [5, 5.41) is 15.2. The Bertz CT molecular complexity index is 1440. The SMILES string of the molecule is CCOC(=O)[C@H]1CC[C@@H](Oc2cc(C(=O)N[C@@H]3[C@H]4CC[C@H](C4)[C@@H]3C(=O)Nc3ccc(C#N)c(Br)c3)c(OC)cc2F)CC1. The van der Waals surface area contributed by atoms with E-state index in [1.165, 1.54) is 13.2 Å². The number of carbonyl (C=O) groups excluding carboxylic acids is 3. The molecule has 2 N–H and O–H groups in total. The minimum atomic E-state index is -0.647. The first-order valence-corrected chi connectivity index (χ1v) is 15.5. The molecule has 2 amide bonds. The number of methoxy groups -OCH3 is 1. The van der Waals surface area contributed by atoms with Gasteiger partial charge in [0.2, 0.25) is 5.91 Å². The number of carbonyl (C=O) groups is 3. The van der Waals surface area contributed by atoms with E-state index in [4.69, 9.17) is 14.2 Å². The van der Waals surface area contributed by atoms with Gasteiger partial charge in [-0.3, -0.25) is 14.4 Å². The Morgan fingerprint density at radius 2 is 1.79 bits per heavy atom. The molecule has 3 aliphatic carbocycles. The Kier molecular flexibility index (Phi) is 9.55. The molecule has 0 unspecified atom stereocenters. The van der Waals surface area contributed by atoms with Crippen LogP contribution >= 0.6 is 15.9 Å². The summed E-state index contributed by atoms with van der Waals surface area (Å²) in [5.41, 5.74) is 1.14. The fourth-order valence-corrected chi connectivity index (χ4v) is 7.31. The molecule has 2 aromatic rings. The molecule has 0 heterocycles. The molecule has 3 saturated carbocycles. The van der Waals surface area contributed by atoms with Crippen molar-refractivity contribution in [1.29, 1.82) is 5.26 Å². The van der Waals surface area contributed by atoms with Crippen molar-refractivity contribution in [1.82, 2.24) is 5.32 Å². The topological polar surface area (TPSA) is 127 Å². The van der Waals surface area contributed by atoms with E-state index in [2.05, 4.69) is 32.6 Å². The number of nitrogens with one attached hydrogen (secondary N) is 2. The summed E-state index contributed by atoms with van der Waals surface area (Å²) in [5.74, 6) is -1.85. The van der Waals surface area contributed by atoms with Crippen molar-refractivity contribution in [2.45, 2.75) is 64.0 Å². The highest BCUT2D eigenvalue weighted by atomic mass is 79.9. The number of amides is 2. The Hall–Kier alpha value is -3.65. The number of nitrogens with zero attached hydrogens (tertiary/aromatic N) is 1. The van der Waals surface area contributed by atoms with Crippen molar-refractivity contribution in [3.63, 3.8) is 0 Å². The second-order valence-corrected chi connectivity index (χ2v) is 12.3. The third kappa shape index (κ3) is 6.64. The zero-order valence-electron chi connectivity index (χ0n) is 24.2. The highest BCUT2D eigenvalue weighted by Gasteiger charge is 2.51. The molecular formula is C32H35BrFN3O6. The second-order valence-electron chi connectivity index (χ2n) is 11.5. The van der Waals surface area contributed by atoms with Gasteiger partial charge in [-0.2, -0.15) is 5.26 Å². The van der Waals surface area contributed by atoms with Crippen molar-refractivity contribution < 1.29 is 33.0 Å². The van der Waals surface area contributed by atoms with Gasteiger partial charge < -0.3 is 24.8 Å². The lowest BCUT2D eigenvalue weighted by Gasteiger charge is -2.31. The van der Waals surface area contributed by atoms with Crippen molar-refractivity contribution in [2.24, 2.45) is 23.7 Å². The maximum absolute atomic E-state index is 15.0. The first-order valence-electron chi connectivity index (χ1n) is 14.7. The average molecular weight is 657 g/mol. The largest absolute Gasteiger partial charge is 0.496 e. The molecule has 43 heavy (non-hydrogen) atoms. The smallest absolute Gasteiger partial charge is 0.308 e. The summed E-state index contributed by atoms with van der Waals surface area (Å²) >= 11 is 3.36. The molecule has 0 radical (unpaired) electrons. The van der Waals surface area contributed by atoms with Gasteiger partial charge in [0.05, 0.1) is 42.8 Å². The highest BCUT2D eigenvalue weighted by Crippen LogP contribution is 2.49. The number of anilines is 1. The number of benzene rings is 2. The van der Waals surface area contributed by atoms with Crippen LogP contribution in [0.2, 0.25) is 0 Å². The van der Waals surface area contributed by atoms with Crippen LogP contribution in [0.3, 0.4) is 0 Å². The monoisotopic (exact) mass is 655 g/mol. The lowest BCUT2D eigenvalue weighted by molar-refractivity contribution is -0.149. The fraction of sp³-hybridized carbons (Fsp3) is 0.500. The fourth-order valence-electron chi connectivity index (χ4n) is 6.84. The summed E-state index contributed by atoms with van der Waals surface area (Å²) in [4.78, 5) is 39.2. The molecule has 0 spiro atoms. The molecule has 3 fully saturated rings. The minimum Gasteiger partial charge on any atom is -0.496 e. The molecule has 0 aromatic heterocycles. The van der Waals surface area contributed by atoms with E-state index in [1.54, 1.807) is 25.1 Å². The van der Waals surface area contributed by atoms with E-state index in [0.29, 0.717) is 48.0 Å². The van der Waals surface area contributed by atoms with Crippen LogP contribution in [0, 0.1) is 40.8 Å². The van der Waals surface area contributed by atoms with Gasteiger partial charge in [0, 0.05) is 22.3 Å². The lowest BCUT2D eigenvalue weighted by Crippen LogP contribution is -2.48. The highest BCUT2D eigenvalue weighted by molar-refractivity contribution is 9.10. The second kappa shape index (κ2) is 13.3. The molecule has 4 atom stereocenters. The molecule has 2 aromatic carbocycles. The molecule has 0 saturated heterocycles. The number of esters is 1. The maximum atomic E-state index is 15.0. The van der Waals surface area contributed by atoms with E-state index in [1.807, 2.05) is 0 Å². The number of nitriles is 1. The Morgan fingerprint density at radius 3 is 2.47 bits per heavy atom. The first kappa shape index (κ1) is 30.8. The van der Waals surface area contributed by atoms with Crippen LogP contribution in [-0.4, -0.2) is 43.6 Å². The van der Waals surface area contributed by atoms with E-state index in [-0.39, 0.29) is 52.8 Å². The average Bonchev–Trinajstić information content (AvgIpc) is 3.60. The molecule has 3 aliphatic rings. The Labute approximate surface area is 258 Å². The third-order valence-electron chi connectivity index (χ3n) is 8.96. The van der Waals surface area contributed by atoms with Gasteiger partial charge >= 0.3 is 5.97 Å². The van der Waals surface area contributed by atoms with Crippen LogP contribution < -0.4 is 20.1 Å². The van der Waals surface area contributed by atoms with Crippen molar-refractivity contribution in [3.8, 4) is 17.6 Å². The predicted octanol–water partition coefficient (Wildman–Crippen LogP) is 5.75. The number of ether oxygens (including phenoxy) is 3. The molecule has 9 nitrogen and oxygen atoms in total. The molecule has 228 valence electrons. The Morgan fingerprint density at radius 1 is 1.05 bits per heavy atom. The predicted molar refractivity (Wildman–Crippen MR) is 159 cm³/mol. The van der Waals surface area contributed by atoms with Crippen LogP contribution in [0.5, 0.6) is 11.5 Å². The van der Waals surface area contributed by atoms with Gasteiger partial charge in [-0.15, -0.1) is 0 Å². The summed E-state index contributed by atoms with van der Waals surface area (Å²) in [7, 11) is 1.37. The quantitative estimate of drug-likeness (QED) is 0.329. The summed E-state index contributed by atoms with van der Waals surface area (Å²) in [6.45, 7) is 2.11. The van der Waals surface area contributed by atoms with Crippen LogP contribution in [0.1, 0.15) is 67.8 Å². The molecule has 11 heteroatoms. The zero-order valence-corrected chi connectivity index (χ0v) is 25.7. The van der Waals surface area contributed by atoms with Gasteiger partial charge in [0.15, 0.2) is 11.6 Å². The summed E-state index contributed by atoms with van der Waals surface area (Å²) in [6.07, 6.45) is 4.65. The number of fused-ring (bicyclic) bond motifs is 2. The lowest BCUT2D eigenvalue weighted by atomic mass is 9.83. The van der Waals surface area contributed by atoms with Crippen molar-refractivity contribution in [3.05, 3.63) is 51.7 Å². The van der Waals surface area contributed by atoms with E-state index in [9.17, 15) is 19.6 Å². The van der Waals surface area contributed by atoms with Gasteiger partial charge in [-0.05, 0) is 104 Å². The van der Waals surface area contributed by atoms with Crippen LogP contribution in [0.4, 0.5) is 10.1 Å².